The van der Waals surface area contributed by atoms with Gasteiger partial charge in [-0.3, -0.25) is 4.79 Å². The molecule has 1 unspecified atom stereocenters. The lowest BCUT2D eigenvalue weighted by Crippen LogP contribution is -2.48. The Morgan fingerprint density at radius 1 is 1.03 bits per heavy atom. The van der Waals surface area contributed by atoms with E-state index >= 15 is 0 Å². The normalized spacial score (nSPS) is 13.9. The van der Waals surface area contributed by atoms with Crippen molar-refractivity contribution in [3.05, 3.63) is 59.7 Å². The summed E-state index contributed by atoms with van der Waals surface area (Å²) in [5, 5.41) is 14.4. The van der Waals surface area contributed by atoms with Gasteiger partial charge in [-0.2, -0.15) is 11.8 Å². The van der Waals surface area contributed by atoms with Crippen molar-refractivity contribution < 1.29 is 29.0 Å². The molecule has 0 saturated carbocycles. The number of rotatable bonds is 12. The van der Waals surface area contributed by atoms with Crippen LogP contribution in [0.4, 0.5) is 4.79 Å². The van der Waals surface area contributed by atoms with E-state index in [1.807, 2.05) is 42.7 Å². The molecule has 0 aliphatic heterocycles. The van der Waals surface area contributed by atoms with Crippen LogP contribution in [0.2, 0.25) is 0 Å². The maximum Gasteiger partial charge on any atom is 0.407 e. The summed E-state index contributed by atoms with van der Waals surface area (Å²) in [4.78, 5) is 36.3. The quantitative estimate of drug-likeness (QED) is 0.422. The van der Waals surface area contributed by atoms with Gasteiger partial charge in [-0.1, -0.05) is 48.5 Å². The Hall–Kier alpha value is -3.04. The number of methoxy groups -OCH3 is 1. The van der Waals surface area contributed by atoms with Crippen LogP contribution in [0.25, 0.3) is 11.1 Å². The Balaban J connectivity index is 1.58. The first-order chi connectivity index (χ1) is 16.5. The standard InChI is InChI=1S/C25H30N2O6S/c1-32-22(24(29)30)11-13-26-23(28)21(12-14-34-2)27-25(31)33-15-20-18-9-5-3-7-16(18)17-8-4-6-10-19(17)20/h3-10,20-22H,11-15H2,1-2H3,(H,26,28)(H,27,31)(H,29,30)/t21-,22?/m0/s1. The Kier molecular flexibility index (Phi) is 9.35. The zero-order valence-electron chi connectivity index (χ0n) is 19.3. The molecule has 8 nitrogen and oxygen atoms in total. The summed E-state index contributed by atoms with van der Waals surface area (Å²) in [5.74, 6) is -0.883. The third-order valence-electron chi connectivity index (χ3n) is 5.83. The molecule has 0 fully saturated rings. The Morgan fingerprint density at radius 2 is 1.65 bits per heavy atom. The topological polar surface area (TPSA) is 114 Å². The lowest BCUT2D eigenvalue weighted by molar-refractivity contribution is -0.149. The molecule has 0 aromatic heterocycles. The Morgan fingerprint density at radius 3 is 2.21 bits per heavy atom. The molecule has 2 atom stereocenters. The summed E-state index contributed by atoms with van der Waals surface area (Å²) < 4.78 is 10.4. The zero-order chi connectivity index (χ0) is 24.5. The van der Waals surface area contributed by atoms with Gasteiger partial charge in [-0.05, 0) is 40.7 Å². The van der Waals surface area contributed by atoms with Crippen molar-refractivity contribution in [2.75, 3.05) is 32.3 Å². The van der Waals surface area contributed by atoms with E-state index in [1.165, 1.54) is 7.11 Å². The van der Waals surface area contributed by atoms with E-state index in [4.69, 9.17) is 14.6 Å². The fourth-order valence-corrected chi connectivity index (χ4v) is 4.55. The van der Waals surface area contributed by atoms with Crippen LogP contribution in [0.15, 0.2) is 48.5 Å². The summed E-state index contributed by atoms with van der Waals surface area (Å²) in [6, 6.07) is 15.4. The van der Waals surface area contributed by atoms with Gasteiger partial charge in [0.15, 0.2) is 6.10 Å². The zero-order valence-corrected chi connectivity index (χ0v) is 20.1. The monoisotopic (exact) mass is 486 g/mol. The van der Waals surface area contributed by atoms with E-state index in [2.05, 4.69) is 22.8 Å². The number of carboxylic acid groups (broad SMARTS) is 1. The number of aliphatic carboxylic acids is 1. The molecule has 182 valence electrons. The molecule has 9 heteroatoms. The van der Waals surface area contributed by atoms with E-state index in [1.54, 1.807) is 11.8 Å². The number of ether oxygens (including phenoxy) is 2. The maximum absolute atomic E-state index is 12.6. The van der Waals surface area contributed by atoms with Crippen LogP contribution < -0.4 is 10.6 Å². The molecule has 2 amide bonds. The van der Waals surface area contributed by atoms with Gasteiger partial charge in [0.25, 0.3) is 0 Å². The number of hydrogen-bond donors (Lipinski definition) is 3. The van der Waals surface area contributed by atoms with Gasteiger partial charge in [-0.25, -0.2) is 9.59 Å². The van der Waals surface area contributed by atoms with E-state index in [9.17, 15) is 14.4 Å². The summed E-state index contributed by atoms with van der Waals surface area (Å²) in [7, 11) is 1.31. The van der Waals surface area contributed by atoms with Crippen LogP contribution in [0, 0.1) is 0 Å². The number of alkyl carbamates (subject to hydrolysis) is 1. The fourth-order valence-electron chi connectivity index (χ4n) is 4.08. The predicted molar refractivity (Wildman–Crippen MR) is 131 cm³/mol. The van der Waals surface area contributed by atoms with Gasteiger partial charge in [0, 0.05) is 26.0 Å². The van der Waals surface area contributed by atoms with Gasteiger partial charge in [-0.15, -0.1) is 0 Å². The highest BCUT2D eigenvalue weighted by atomic mass is 32.2. The van der Waals surface area contributed by atoms with Crippen molar-refractivity contribution in [1.29, 1.82) is 0 Å². The molecule has 0 heterocycles. The maximum atomic E-state index is 12.6. The minimum absolute atomic E-state index is 0.0707. The number of amides is 2. The van der Waals surface area contributed by atoms with E-state index in [-0.39, 0.29) is 31.4 Å². The van der Waals surface area contributed by atoms with Gasteiger partial charge < -0.3 is 25.2 Å². The van der Waals surface area contributed by atoms with Crippen LogP contribution in [0.1, 0.15) is 29.9 Å². The molecule has 0 saturated heterocycles. The molecule has 2 aromatic carbocycles. The van der Waals surface area contributed by atoms with Crippen LogP contribution >= 0.6 is 11.8 Å². The number of nitrogens with one attached hydrogen (secondary N) is 2. The number of fused-ring (bicyclic) bond motifs is 3. The number of carbonyl (C=O) groups excluding carboxylic acids is 2. The highest BCUT2D eigenvalue weighted by molar-refractivity contribution is 7.98. The first kappa shape index (κ1) is 25.6. The largest absolute Gasteiger partial charge is 0.479 e. The second-order valence-electron chi connectivity index (χ2n) is 7.95. The van der Waals surface area contributed by atoms with Crippen molar-refractivity contribution in [3.8, 4) is 11.1 Å². The smallest absolute Gasteiger partial charge is 0.407 e. The highest BCUT2D eigenvalue weighted by Gasteiger charge is 2.29. The van der Waals surface area contributed by atoms with Crippen molar-refractivity contribution in [2.24, 2.45) is 0 Å². The first-order valence-corrected chi connectivity index (χ1v) is 12.5. The van der Waals surface area contributed by atoms with E-state index in [0.717, 1.165) is 22.3 Å². The van der Waals surface area contributed by atoms with E-state index < -0.39 is 24.2 Å². The summed E-state index contributed by atoms with van der Waals surface area (Å²) in [6.45, 7) is 0.274. The van der Waals surface area contributed by atoms with Gasteiger partial charge in [0.1, 0.15) is 12.6 Å². The molecule has 0 bridgehead atoms. The molecule has 34 heavy (non-hydrogen) atoms. The molecule has 1 aliphatic rings. The number of carbonyl (C=O) groups is 3. The summed E-state index contributed by atoms with van der Waals surface area (Å²) in [6.07, 6.45) is 0.795. The lowest BCUT2D eigenvalue weighted by Gasteiger charge is -2.20. The Labute approximate surface area is 203 Å². The molecule has 3 rings (SSSR count). The van der Waals surface area contributed by atoms with E-state index in [0.29, 0.717) is 12.2 Å². The van der Waals surface area contributed by atoms with Gasteiger partial charge in [0.2, 0.25) is 5.91 Å². The summed E-state index contributed by atoms with van der Waals surface area (Å²) >= 11 is 1.56. The van der Waals surface area contributed by atoms with Crippen LogP contribution in [0.3, 0.4) is 0 Å². The van der Waals surface area contributed by atoms with Crippen molar-refractivity contribution >= 4 is 29.7 Å². The third-order valence-corrected chi connectivity index (χ3v) is 6.47. The fraction of sp³-hybridized carbons (Fsp3) is 0.400. The van der Waals surface area contributed by atoms with Gasteiger partial charge in [0.05, 0.1) is 0 Å². The number of hydrogen-bond acceptors (Lipinski definition) is 6. The number of carboxylic acids is 1. The van der Waals surface area contributed by atoms with Crippen molar-refractivity contribution in [1.82, 2.24) is 10.6 Å². The minimum atomic E-state index is -1.09. The molecular weight excluding hydrogens is 456 g/mol. The molecule has 0 radical (unpaired) electrons. The highest BCUT2D eigenvalue weighted by Crippen LogP contribution is 2.44. The second kappa shape index (κ2) is 12.4. The third kappa shape index (κ3) is 6.30. The van der Waals surface area contributed by atoms with Crippen molar-refractivity contribution in [3.63, 3.8) is 0 Å². The predicted octanol–water partition coefficient (Wildman–Crippen LogP) is 3.25. The van der Waals surface area contributed by atoms with Crippen LogP contribution in [-0.2, 0) is 19.1 Å². The molecular formula is C25H30N2O6S. The van der Waals surface area contributed by atoms with Crippen LogP contribution in [-0.4, -0.2) is 67.5 Å². The van der Waals surface area contributed by atoms with Gasteiger partial charge >= 0.3 is 12.1 Å². The van der Waals surface area contributed by atoms with Crippen LogP contribution in [0.5, 0.6) is 0 Å². The number of benzene rings is 2. The second-order valence-corrected chi connectivity index (χ2v) is 8.93. The number of thioether (sulfide) groups is 1. The van der Waals surface area contributed by atoms with Crippen molar-refractivity contribution in [2.45, 2.75) is 30.9 Å². The summed E-state index contributed by atoms with van der Waals surface area (Å²) in [5.41, 5.74) is 4.50. The lowest BCUT2D eigenvalue weighted by atomic mass is 9.98. The molecule has 1 aliphatic carbocycles. The molecule has 0 spiro atoms. The average Bonchev–Trinajstić information content (AvgIpc) is 3.16. The molecule has 2 aromatic rings. The minimum Gasteiger partial charge on any atom is -0.479 e. The average molecular weight is 487 g/mol. The Bertz CT molecular complexity index is 969. The molecule has 3 N–H and O–H groups in total. The SMILES string of the molecule is COC(CCNC(=O)[C@H](CCSC)NC(=O)OCC1c2ccccc2-c2ccccc21)C(=O)O. The first-order valence-electron chi connectivity index (χ1n) is 11.1.